The lowest BCUT2D eigenvalue weighted by atomic mass is 10.2. The zero-order valence-electron chi connectivity index (χ0n) is 13.5. The molecule has 0 saturated carbocycles. The van der Waals surface area contributed by atoms with Gasteiger partial charge >= 0.3 is 0 Å². The van der Waals surface area contributed by atoms with Crippen LogP contribution in [0.3, 0.4) is 0 Å². The van der Waals surface area contributed by atoms with Crippen LogP contribution in [0.25, 0.3) is 0 Å². The molecule has 0 bridgehead atoms. The Morgan fingerprint density at radius 1 is 0.789 bits per heavy atom. The summed E-state index contributed by atoms with van der Waals surface area (Å²) < 4.78 is 17.1. The molecular weight excluding hydrogens is 240 g/mol. The van der Waals surface area contributed by atoms with Gasteiger partial charge in [-0.3, -0.25) is 0 Å². The zero-order chi connectivity index (χ0) is 14.3. The van der Waals surface area contributed by atoms with E-state index in [1.807, 2.05) is 0 Å². The molecule has 0 amide bonds. The van der Waals surface area contributed by atoms with E-state index in [2.05, 4.69) is 27.7 Å². The van der Waals surface area contributed by atoms with Gasteiger partial charge in [-0.25, -0.2) is 0 Å². The molecule has 0 aromatic rings. The van der Waals surface area contributed by atoms with Crippen molar-refractivity contribution in [2.24, 2.45) is 5.92 Å². The van der Waals surface area contributed by atoms with Gasteiger partial charge in [-0.05, 0) is 25.2 Å². The number of unbranched alkanes of at least 4 members (excludes halogenated alkanes) is 2. The molecule has 0 aromatic heterocycles. The van der Waals surface area contributed by atoms with Gasteiger partial charge in [0.1, 0.15) is 0 Å². The topological polar surface area (TPSA) is 27.7 Å². The first kappa shape index (κ1) is 18.9. The Bertz CT molecular complexity index is 171. The van der Waals surface area contributed by atoms with E-state index in [4.69, 9.17) is 14.2 Å². The second-order valence-electron chi connectivity index (χ2n) is 5.49. The normalized spacial score (nSPS) is 13.1. The molecule has 3 nitrogen and oxygen atoms in total. The van der Waals surface area contributed by atoms with Crippen molar-refractivity contribution in [3.63, 3.8) is 0 Å². The predicted molar refractivity (Wildman–Crippen MR) is 80.4 cm³/mol. The van der Waals surface area contributed by atoms with Crippen LogP contribution in [0, 0.1) is 5.92 Å². The lowest BCUT2D eigenvalue weighted by Gasteiger charge is -2.19. The van der Waals surface area contributed by atoms with E-state index < -0.39 is 0 Å². The van der Waals surface area contributed by atoms with Gasteiger partial charge in [0.05, 0.1) is 6.61 Å². The lowest BCUT2D eigenvalue weighted by Crippen LogP contribution is -2.21. The van der Waals surface area contributed by atoms with Gasteiger partial charge in [-0.1, -0.05) is 40.5 Å². The van der Waals surface area contributed by atoms with E-state index in [1.54, 1.807) is 0 Å². The molecule has 0 aliphatic heterocycles. The second kappa shape index (κ2) is 14.3. The van der Waals surface area contributed by atoms with Crippen molar-refractivity contribution in [2.75, 3.05) is 26.4 Å². The van der Waals surface area contributed by atoms with Crippen LogP contribution in [0.1, 0.15) is 66.2 Å². The maximum Gasteiger partial charge on any atom is 0.157 e. The van der Waals surface area contributed by atoms with Gasteiger partial charge in [-0.15, -0.1) is 0 Å². The third-order valence-corrected chi connectivity index (χ3v) is 2.79. The first-order valence-electron chi connectivity index (χ1n) is 8.01. The Kier molecular flexibility index (Phi) is 14.2. The van der Waals surface area contributed by atoms with Crippen LogP contribution in [-0.2, 0) is 14.2 Å². The van der Waals surface area contributed by atoms with Crippen LogP contribution in [-0.4, -0.2) is 32.7 Å². The molecule has 0 spiro atoms. The van der Waals surface area contributed by atoms with Crippen molar-refractivity contribution >= 4 is 0 Å². The minimum Gasteiger partial charge on any atom is -0.381 e. The fourth-order valence-corrected chi connectivity index (χ4v) is 1.57. The summed E-state index contributed by atoms with van der Waals surface area (Å²) in [6, 6.07) is 0. The smallest absolute Gasteiger partial charge is 0.157 e. The van der Waals surface area contributed by atoms with Crippen LogP contribution < -0.4 is 0 Å². The molecule has 0 aromatic carbocycles. The molecule has 3 heteroatoms. The summed E-state index contributed by atoms with van der Waals surface area (Å²) in [7, 11) is 0. The first-order chi connectivity index (χ1) is 9.20. The molecule has 0 aliphatic rings. The van der Waals surface area contributed by atoms with E-state index in [-0.39, 0.29) is 6.29 Å². The monoisotopic (exact) mass is 274 g/mol. The summed E-state index contributed by atoms with van der Waals surface area (Å²) in [5, 5.41) is 0. The molecule has 0 rings (SSSR count). The van der Waals surface area contributed by atoms with Gasteiger partial charge in [0.25, 0.3) is 0 Å². The second-order valence-corrected chi connectivity index (χ2v) is 5.49. The van der Waals surface area contributed by atoms with Gasteiger partial charge < -0.3 is 14.2 Å². The van der Waals surface area contributed by atoms with Crippen LogP contribution in [0.15, 0.2) is 0 Å². The summed E-state index contributed by atoms with van der Waals surface area (Å²) in [4.78, 5) is 0. The Hall–Kier alpha value is -0.120. The molecule has 1 unspecified atom stereocenters. The summed E-state index contributed by atoms with van der Waals surface area (Å²) in [5.41, 5.74) is 0. The third kappa shape index (κ3) is 14.1. The molecule has 0 heterocycles. The van der Waals surface area contributed by atoms with Crippen LogP contribution in [0.2, 0.25) is 0 Å². The molecule has 1 atom stereocenters. The molecule has 0 fully saturated rings. The molecule has 116 valence electrons. The molecule has 19 heavy (non-hydrogen) atoms. The van der Waals surface area contributed by atoms with Crippen molar-refractivity contribution in [1.82, 2.24) is 0 Å². The van der Waals surface area contributed by atoms with E-state index in [0.717, 1.165) is 58.5 Å². The summed E-state index contributed by atoms with van der Waals surface area (Å²) in [5.74, 6) is 0.554. The highest BCUT2D eigenvalue weighted by atomic mass is 16.7. The average Bonchev–Trinajstić information content (AvgIpc) is 2.39. The van der Waals surface area contributed by atoms with Crippen molar-refractivity contribution in [1.29, 1.82) is 0 Å². The molecule has 0 N–H and O–H groups in total. The van der Waals surface area contributed by atoms with Crippen molar-refractivity contribution in [3.05, 3.63) is 0 Å². The fraction of sp³-hybridized carbons (Fsp3) is 1.00. The maximum atomic E-state index is 5.80. The van der Waals surface area contributed by atoms with Crippen molar-refractivity contribution in [2.45, 2.75) is 72.5 Å². The minimum absolute atomic E-state index is 0.0521. The minimum atomic E-state index is -0.0521. The van der Waals surface area contributed by atoms with Gasteiger partial charge in [0.15, 0.2) is 6.29 Å². The largest absolute Gasteiger partial charge is 0.381 e. The number of hydrogen-bond acceptors (Lipinski definition) is 3. The quantitative estimate of drug-likeness (QED) is 0.347. The van der Waals surface area contributed by atoms with Gasteiger partial charge in [0.2, 0.25) is 0 Å². The summed E-state index contributed by atoms with van der Waals surface area (Å²) >= 11 is 0. The Morgan fingerprint density at radius 2 is 1.42 bits per heavy atom. The van der Waals surface area contributed by atoms with Crippen molar-refractivity contribution < 1.29 is 14.2 Å². The van der Waals surface area contributed by atoms with E-state index in [9.17, 15) is 0 Å². The number of ether oxygens (including phenoxy) is 3. The Balaban J connectivity index is 3.64. The highest BCUT2D eigenvalue weighted by Gasteiger charge is 2.10. The van der Waals surface area contributed by atoms with E-state index in [1.165, 1.54) is 6.42 Å². The molecule has 0 aliphatic carbocycles. The Labute approximate surface area is 120 Å². The number of rotatable bonds is 14. The summed E-state index contributed by atoms with van der Waals surface area (Å²) in [6.45, 7) is 12.0. The zero-order valence-corrected chi connectivity index (χ0v) is 13.5. The third-order valence-electron chi connectivity index (χ3n) is 2.79. The summed E-state index contributed by atoms with van der Waals surface area (Å²) in [6.07, 6.45) is 6.51. The van der Waals surface area contributed by atoms with E-state index >= 15 is 0 Å². The van der Waals surface area contributed by atoms with Gasteiger partial charge in [0, 0.05) is 26.2 Å². The van der Waals surface area contributed by atoms with Crippen LogP contribution in [0.5, 0.6) is 0 Å². The highest BCUT2D eigenvalue weighted by molar-refractivity contribution is 4.50. The first-order valence-corrected chi connectivity index (χ1v) is 8.01. The predicted octanol–water partition coefficient (Wildman–Crippen LogP) is 4.40. The van der Waals surface area contributed by atoms with Crippen LogP contribution >= 0.6 is 0 Å². The average molecular weight is 274 g/mol. The SMILES string of the molecule is CCCCOCCCC(OCCCC)OCC(C)C. The van der Waals surface area contributed by atoms with E-state index in [0.29, 0.717) is 5.92 Å². The standard InChI is InChI=1S/C16H34O3/c1-5-7-11-17-12-9-10-16(18-13-8-6-2)19-14-15(3)4/h15-16H,5-14H2,1-4H3. The highest BCUT2D eigenvalue weighted by Crippen LogP contribution is 2.08. The fourth-order valence-electron chi connectivity index (χ4n) is 1.57. The lowest BCUT2D eigenvalue weighted by molar-refractivity contribution is -0.154. The van der Waals surface area contributed by atoms with Crippen molar-refractivity contribution in [3.8, 4) is 0 Å². The molecule has 0 radical (unpaired) electrons. The maximum absolute atomic E-state index is 5.80. The van der Waals surface area contributed by atoms with Gasteiger partial charge in [-0.2, -0.15) is 0 Å². The molecular formula is C16H34O3. The Morgan fingerprint density at radius 3 is 2.05 bits per heavy atom. The van der Waals surface area contributed by atoms with Crippen LogP contribution in [0.4, 0.5) is 0 Å². The molecule has 0 saturated heterocycles. The number of hydrogen-bond donors (Lipinski definition) is 0.